The molecule has 0 spiro atoms. The van der Waals surface area contributed by atoms with Gasteiger partial charge in [0.05, 0.1) is 29.8 Å². The Kier molecular flexibility index (Phi) is 5.35. The normalized spacial score (nSPS) is 15.5. The van der Waals surface area contributed by atoms with Crippen LogP contribution in [0.25, 0.3) is 10.9 Å². The van der Waals surface area contributed by atoms with Crippen LogP contribution in [-0.4, -0.2) is 54.7 Å². The number of nitrogens with one attached hydrogen (secondary N) is 1. The van der Waals surface area contributed by atoms with Crippen molar-refractivity contribution in [3.63, 3.8) is 0 Å². The van der Waals surface area contributed by atoms with Crippen LogP contribution in [0.1, 0.15) is 17.3 Å². The van der Waals surface area contributed by atoms with E-state index in [1.165, 1.54) is 16.4 Å². The van der Waals surface area contributed by atoms with Crippen molar-refractivity contribution in [3.8, 4) is 0 Å². The molecule has 0 aliphatic carbocycles. The second kappa shape index (κ2) is 7.94. The zero-order valence-corrected chi connectivity index (χ0v) is 16.9. The number of benzene rings is 2. The highest BCUT2D eigenvalue weighted by atomic mass is 32.2. The van der Waals surface area contributed by atoms with E-state index >= 15 is 0 Å². The highest BCUT2D eigenvalue weighted by Gasteiger charge is 2.26. The fourth-order valence-electron chi connectivity index (χ4n) is 3.34. The number of amides is 1. The fourth-order valence-corrected chi connectivity index (χ4v) is 4.79. The van der Waals surface area contributed by atoms with Crippen molar-refractivity contribution < 1.29 is 17.9 Å². The van der Waals surface area contributed by atoms with Gasteiger partial charge < -0.3 is 10.1 Å². The number of rotatable bonds is 5. The van der Waals surface area contributed by atoms with E-state index in [0.29, 0.717) is 32.0 Å². The van der Waals surface area contributed by atoms with Gasteiger partial charge in [0, 0.05) is 36.3 Å². The molecular formula is C20H22N4O4S. The lowest BCUT2D eigenvalue weighted by Crippen LogP contribution is -2.40. The van der Waals surface area contributed by atoms with Gasteiger partial charge in [-0.2, -0.15) is 9.40 Å². The van der Waals surface area contributed by atoms with Crippen LogP contribution in [0.3, 0.4) is 0 Å². The Labute approximate surface area is 169 Å². The van der Waals surface area contributed by atoms with E-state index in [0.717, 1.165) is 17.4 Å². The summed E-state index contributed by atoms with van der Waals surface area (Å²) < 4.78 is 34.1. The van der Waals surface area contributed by atoms with E-state index in [2.05, 4.69) is 10.4 Å². The molecule has 1 aromatic heterocycles. The third-order valence-electron chi connectivity index (χ3n) is 4.91. The summed E-state index contributed by atoms with van der Waals surface area (Å²) in [5.74, 6) is -0.369. The maximum absolute atomic E-state index is 12.8. The van der Waals surface area contributed by atoms with Crippen molar-refractivity contribution >= 4 is 32.5 Å². The van der Waals surface area contributed by atoms with Crippen molar-refractivity contribution in [3.05, 3.63) is 54.2 Å². The van der Waals surface area contributed by atoms with Crippen LogP contribution in [0.15, 0.2) is 53.6 Å². The molecule has 1 amide bonds. The number of hydrogen-bond donors (Lipinski definition) is 1. The minimum absolute atomic E-state index is 0.103. The summed E-state index contributed by atoms with van der Waals surface area (Å²) in [6, 6.07) is 11.7. The maximum atomic E-state index is 12.8. The number of nitrogens with zero attached hydrogens (tertiary/aromatic N) is 3. The molecule has 29 heavy (non-hydrogen) atoms. The van der Waals surface area contributed by atoms with E-state index in [1.54, 1.807) is 24.4 Å². The monoisotopic (exact) mass is 414 g/mol. The van der Waals surface area contributed by atoms with Gasteiger partial charge in [-0.3, -0.25) is 9.48 Å². The van der Waals surface area contributed by atoms with Gasteiger partial charge in [-0.25, -0.2) is 8.42 Å². The molecule has 1 fully saturated rings. The number of morpholine rings is 1. The average molecular weight is 414 g/mol. The van der Waals surface area contributed by atoms with Gasteiger partial charge in [0.1, 0.15) is 0 Å². The molecule has 2 aromatic carbocycles. The van der Waals surface area contributed by atoms with Crippen molar-refractivity contribution in [2.45, 2.75) is 18.4 Å². The number of carbonyl (C=O) groups is 1. The summed E-state index contributed by atoms with van der Waals surface area (Å²) in [7, 11) is -3.66. The Balaban J connectivity index is 1.57. The molecule has 152 valence electrons. The largest absolute Gasteiger partial charge is 0.379 e. The van der Waals surface area contributed by atoms with Crippen LogP contribution >= 0.6 is 0 Å². The summed E-state index contributed by atoms with van der Waals surface area (Å²) in [4.78, 5) is 12.8. The molecule has 1 saturated heterocycles. The minimum Gasteiger partial charge on any atom is -0.379 e. The van der Waals surface area contributed by atoms with Crippen molar-refractivity contribution in [1.29, 1.82) is 0 Å². The van der Waals surface area contributed by atoms with Crippen LogP contribution < -0.4 is 5.32 Å². The number of carbonyl (C=O) groups excluding carboxylic acids is 1. The summed E-state index contributed by atoms with van der Waals surface area (Å²) in [5.41, 5.74) is 1.83. The Bertz CT molecular complexity index is 1150. The number of hydrogen-bond acceptors (Lipinski definition) is 5. The minimum atomic E-state index is -3.66. The van der Waals surface area contributed by atoms with Crippen LogP contribution in [0, 0.1) is 0 Å². The standard InChI is InChI=1S/C20H22N4O4S/c1-2-24-19-13-17(7-6-16(19)14-21-24)22-20(25)15-4-3-5-18(12-15)29(26,27)23-8-10-28-11-9-23/h3-7,12-14H,2,8-11H2,1H3,(H,22,25). The maximum Gasteiger partial charge on any atom is 0.255 e. The average Bonchev–Trinajstić information content (AvgIpc) is 3.17. The predicted octanol–water partition coefficient (Wildman–Crippen LogP) is 2.33. The first-order valence-corrected chi connectivity index (χ1v) is 10.9. The molecule has 0 unspecified atom stereocenters. The number of ether oxygens (including phenoxy) is 1. The van der Waals surface area contributed by atoms with E-state index in [1.807, 2.05) is 23.7 Å². The van der Waals surface area contributed by atoms with E-state index in [9.17, 15) is 13.2 Å². The van der Waals surface area contributed by atoms with Crippen LogP contribution in [0.5, 0.6) is 0 Å². The van der Waals surface area contributed by atoms with Crippen molar-refractivity contribution in [2.24, 2.45) is 0 Å². The molecule has 0 radical (unpaired) electrons. The first-order chi connectivity index (χ1) is 14.0. The lowest BCUT2D eigenvalue weighted by Gasteiger charge is -2.26. The van der Waals surface area contributed by atoms with Gasteiger partial charge in [0.25, 0.3) is 5.91 Å². The van der Waals surface area contributed by atoms with E-state index < -0.39 is 10.0 Å². The summed E-state index contributed by atoms with van der Waals surface area (Å²) in [6.45, 7) is 4.08. The SMILES string of the molecule is CCn1ncc2ccc(NC(=O)c3cccc(S(=O)(=O)N4CCOCC4)c3)cc21. The number of fused-ring (bicyclic) bond motifs is 1. The summed E-state index contributed by atoms with van der Waals surface area (Å²) >= 11 is 0. The smallest absolute Gasteiger partial charge is 0.255 e. The van der Waals surface area contributed by atoms with E-state index in [-0.39, 0.29) is 16.4 Å². The van der Waals surface area contributed by atoms with Crippen molar-refractivity contribution in [1.82, 2.24) is 14.1 Å². The van der Waals surface area contributed by atoms with Gasteiger partial charge in [-0.15, -0.1) is 0 Å². The highest BCUT2D eigenvalue weighted by Crippen LogP contribution is 2.21. The van der Waals surface area contributed by atoms with Crippen molar-refractivity contribution in [2.75, 3.05) is 31.6 Å². The Morgan fingerprint density at radius 2 is 1.97 bits per heavy atom. The molecule has 0 atom stereocenters. The third-order valence-corrected chi connectivity index (χ3v) is 6.80. The number of aryl methyl sites for hydroxylation is 1. The molecular weight excluding hydrogens is 392 g/mol. The zero-order chi connectivity index (χ0) is 20.4. The second-order valence-electron chi connectivity index (χ2n) is 6.73. The first-order valence-electron chi connectivity index (χ1n) is 9.44. The molecule has 0 bridgehead atoms. The Hall–Kier alpha value is -2.75. The number of anilines is 1. The zero-order valence-electron chi connectivity index (χ0n) is 16.0. The molecule has 8 nitrogen and oxygen atoms in total. The summed E-state index contributed by atoms with van der Waals surface area (Å²) in [6.07, 6.45) is 1.78. The van der Waals surface area contributed by atoms with Gasteiger partial charge in [0.15, 0.2) is 0 Å². The van der Waals surface area contributed by atoms with E-state index in [4.69, 9.17) is 4.74 Å². The molecule has 4 rings (SSSR count). The molecule has 1 aliphatic heterocycles. The fraction of sp³-hybridized carbons (Fsp3) is 0.300. The molecule has 0 saturated carbocycles. The van der Waals surface area contributed by atoms with Gasteiger partial charge >= 0.3 is 0 Å². The molecule has 9 heteroatoms. The second-order valence-corrected chi connectivity index (χ2v) is 8.67. The highest BCUT2D eigenvalue weighted by molar-refractivity contribution is 7.89. The Morgan fingerprint density at radius 1 is 1.17 bits per heavy atom. The summed E-state index contributed by atoms with van der Waals surface area (Å²) in [5, 5.41) is 8.13. The molecule has 3 aromatic rings. The lowest BCUT2D eigenvalue weighted by molar-refractivity contribution is 0.0730. The predicted molar refractivity (Wildman–Crippen MR) is 109 cm³/mol. The van der Waals surface area contributed by atoms with Crippen LogP contribution in [0.2, 0.25) is 0 Å². The van der Waals surface area contributed by atoms with Gasteiger partial charge in [-0.05, 0) is 43.3 Å². The van der Waals surface area contributed by atoms with Gasteiger partial charge in [0.2, 0.25) is 10.0 Å². The molecule has 1 aliphatic rings. The third kappa shape index (κ3) is 3.89. The van der Waals surface area contributed by atoms with Crippen LogP contribution in [0.4, 0.5) is 5.69 Å². The first kappa shape index (κ1) is 19.6. The molecule has 2 heterocycles. The topological polar surface area (TPSA) is 93.5 Å². The Morgan fingerprint density at radius 3 is 2.72 bits per heavy atom. The quantitative estimate of drug-likeness (QED) is 0.692. The molecule has 1 N–H and O–H groups in total. The van der Waals surface area contributed by atoms with Crippen LogP contribution in [-0.2, 0) is 21.3 Å². The number of sulfonamides is 1. The number of aromatic nitrogens is 2. The van der Waals surface area contributed by atoms with Gasteiger partial charge in [-0.1, -0.05) is 6.07 Å². The lowest BCUT2D eigenvalue weighted by atomic mass is 10.2.